The van der Waals surface area contributed by atoms with Crippen molar-refractivity contribution in [1.29, 1.82) is 0 Å². The summed E-state index contributed by atoms with van der Waals surface area (Å²) in [7, 11) is 0. The van der Waals surface area contributed by atoms with Crippen LogP contribution in [-0.4, -0.2) is 27.7 Å². The summed E-state index contributed by atoms with van der Waals surface area (Å²) in [5.74, 6) is 2.48. The highest BCUT2D eigenvalue weighted by Crippen LogP contribution is 2.22. The van der Waals surface area contributed by atoms with E-state index in [1.54, 1.807) is 6.07 Å². The normalized spacial score (nSPS) is 19.3. The number of hydrogen-bond acceptors (Lipinski definition) is 3. The lowest BCUT2D eigenvalue weighted by Crippen LogP contribution is -2.25. The summed E-state index contributed by atoms with van der Waals surface area (Å²) < 4.78 is 0. The molecule has 1 unspecified atom stereocenters. The number of aromatic amines is 2. The Morgan fingerprint density at radius 2 is 2.05 bits per heavy atom. The Morgan fingerprint density at radius 3 is 2.68 bits per heavy atom. The molecule has 5 heteroatoms. The molecular formula is C14H17N3OS. The first-order valence-corrected chi connectivity index (χ1v) is 7.69. The maximum Gasteiger partial charge on any atom is 0.264 e. The molecule has 1 aromatic heterocycles. The van der Waals surface area contributed by atoms with Gasteiger partial charge in [0.1, 0.15) is 0 Å². The van der Waals surface area contributed by atoms with Crippen molar-refractivity contribution in [3.63, 3.8) is 0 Å². The molecule has 19 heavy (non-hydrogen) atoms. The molecule has 1 fully saturated rings. The number of aromatic nitrogens is 2. The quantitative estimate of drug-likeness (QED) is 0.807. The second-order valence-corrected chi connectivity index (χ2v) is 5.96. The molecule has 1 atom stereocenters. The SMILES string of the molecule is O=c1cc(-c2ccc(NC3CCCSC3)cc2)[nH][nH]1. The van der Waals surface area contributed by atoms with Crippen LogP contribution in [0.1, 0.15) is 12.8 Å². The van der Waals surface area contributed by atoms with Gasteiger partial charge in [0.15, 0.2) is 0 Å². The van der Waals surface area contributed by atoms with Gasteiger partial charge in [-0.15, -0.1) is 0 Å². The van der Waals surface area contributed by atoms with E-state index in [4.69, 9.17) is 0 Å². The van der Waals surface area contributed by atoms with Gasteiger partial charge in [0, 0.05) is 23.5 Å². The molecule has 0 bridgehead atoms. The minimum absolute atomic E-state index is 0.101. The summed E-state index contributed by atoms with van der Waals surface area (Å²) in [4.78, 5) is 11.1. The predicted molar refractivity (Wildman–Crippen MR) is 80.8 cm³/mol. The van der Waals surface area contributed by atoms with Crippen LogP contribution in [0.25, 0.3) is 11.3 Å². The Labute approximate surface area is 116 Å². The molecule has 1 aliphatic heterocycles. The minimum Gasteiger partial charge on any atom is -0.381 e. The molecule has 2 aromatic rings. The minimum atomic E-state index is -0.101. The van der Waals surface area contributed by atoms with E-state index in [1.807, 2.05) is 23.9 Å². The molecule has 2 heterocycles. The fourth-order valence-electron chi connectivity index (χ4n) is 2.32. The van der Waals surface area contributed by atoms with E-state index < -0.39 is 0 Å². The molecular weight excluding hydrogens is 258 g/mol. The predicted octanol–water partition coefficient (Wildman–Crippen LogP) is 2.68. The lowest BCUT2D eigenvalue weighted by atomic mass is 10.1. The van der Waals surface area contributed by atoms with Crippen LogP contribution in [0.4, 0.5) is 5.69 Å². The molecule has 4 nitrogen and oxygen atoms in total. The molecule has 0 aliphatic carbocycles. The smallest absolute Gasteiger partial charge is 0.264 e. The maximum atomic E-state index is 11.1. The molecule has 0 radical (unpaired) electrons. The third-order valence-electron chi connectivity index (χ3n) is 3.32. The Balaban J connectivity index is 1.70. The number of nitrogens with one attached hydrogen (secondary N) is 3. The van der Waals surface area contributed by atoms with Crippen molar-refractivity contribution in [3.8, 4) is 11.3 Å². The highest BCUT2D eigenvalue weighted by molar-refractivity contribution is 7.99. The fourth-order valence-corrected chi connectivity index (χ4v) is 3.40. The zero-order valence-corrected chi connectivity index (χ0v) is 11.4. The fraction of sp³-hybridized carbons (Fsp3) is 0.357. The van der Waals surface area contributed by atoms with Crippen LogP contribution in [0.15, 0.2) is 35.1 Å². The summed E-state index contributed by atoms with van der Waals surface area (Å²) in [6, 6.07) is 10.3. The summed E-state index contributed by atoms with van der Waals surface area (Å²) >= 11 is 2.02. The van der Waals surface area contributed by atoms with Gasteiger partial charge >= 0.3 is 0 Å². The van der Waals surface area contributed by atoms with E-state index in [9.17, 15) is 4.79 Å². The maximum absolute atomic E-state index is 11.1. The number of hydrogen-bond donors (Lipinski definition) is 3. The first-order chi connectivity index (χ1) is 9.31. The van der Waals surface area contributed by atoms with Crippen LogP contribution in [0.5, 0.6) is 0 Å². The van der Waals surface area contributed by atoms with Gasteiger partial charge in [-0.05, 0) is 36.3 Å². The van der Waals surface area contributed by atoms with E-state index >= 15 is 0 Å². The van der Waals surface area contributed by atoms with Crippen LogP contribution in [0.3, 0.4) is 0 Å². The first kappa shape index (κ1) is 12.4. The van der Waals surface area contributed by atoms with Crippen LogP contribution in [-0.2, 0) is 0 Å². The highest BCUT2D eigenvalue weighted by atomic mass is 32.2. The van der Waals surface area contributed by atoms with Crippen molar-refractivity contribution in [2.24, 2.45) is 0 Å². The van der Waals surface area contributed by atoms with Crippen LogP contribution < -0.4 is 10.9 Å². The van der Waals surface area contributed by atoms with Crippen LogP contribution >= 0.6 is 11.8 Å². The lowest BCUT2D eigenvalue weighted by molar-refractivity contribution is 0.685. The zero-order valence-electron chi connectivity index (χ0n) is 10.6. The Morgan fingerprint density at radius 1 is 1.21 bits per heavy atom. The average molecular weight is 275 g/mol. The molecule has 100 valence electrons. The summed E-state index contributed by atoms with van der Waals surface area (Å²) in [6.45, 7) is 0. The largest absolute Gasteiger partial charge is 0.381 e. The third kappa shape index (κ3) is 3.04. The Hall–Kier alpha value is -1.62. The average Bonchev–Trinajstić information content (AvgIpc) is 2.87. The van der Waals surface area contributed by atoms with Crippen molar-refractivity contribution < 1.29 is 0 Å². The van der Waals surface area contributed by atoms with Crippen molar-refractivity contribution in [1.82, 2.24) is 10.2 Å². The van der Waals surface area contributed by atoms with Crippen molar-refractivity contribution >= 4 is 17.4 Å². The van der Waals surface area contributed by atoms with E-state index in [-0.39, 0.29) is 5.56 Å². The zero-order chi connectivity index (χ0) is 13.1. The standard InChI is InChI=1S/C14H17N3OS/c18-14-8-13(16-17-14)10-3-5-11(6-4-10)15-12-2-1-7-19-9-12/h3-6,8,12,15H,1-2,7,9H2,(H2,16,17,18). The summed E-state index contributed by atoms with van der Waals surface area (Å²) in [5, 5.41) is 8.97. The molecule has 1 saturated heterocycles. The molecule has 1 aromatic carbocycles. The number of anilines is 1. The second kappa shape index (κ2) is 5.57. The van der Waals surface area contributed by atoms with Gasteiger partial charge in [-0.25, -0.2) is 0 Å². The van der Waals surface area contributed by atoms with Gasteiger partial charge < -0.3 is 5.32 Å². The van der Waals surface area contributed by atoms with Gasteiger partial charge in [0.05, 0.1) is 5.69 Å². The molecule has 0 spiro atoms. The van der Waals surface area contributed by atoms with Gasteiger partial charge in [-0.3, -0.25) is 15.0 Å². The molecule has 3 N–H and O–H groups in total. The Kier molecular flexibility index (Phi) is 3.64. The summed E-state index contributed by atoms with van der Waals surface area (Å²) in [6.07, 6.45) is 2.55. The van der Waals surface area contributed by atoms with E-state index in [0.717, 1.165) is 16.9 Å². The molecule has 3 rings (SSSR count). The van der Waals surface area contributed by atoms with E-state index in [2.05, 4.69) is 27.6 Å². The highest BCUT2D eigenvalue weighted by Gasteiger charge is 2.13. The number of rotatable bonds is 3. The number of thioether (sulfide) groups is 1. The third-order valence-corrected chi connectivity index (χ3v) is 4.54. The van der Waals surface area contributed by atoms with Gasteiger partial charge in [0.2, 0.25) is 0 Å². The van der Waals surface area contributed by atoms with E-state index in [1.165, 1.54) is 24.3 Å². The molecule has 1 aliphatic rings. The van der Waals surface area contributed by atoms with Crippen molar-refractivity contribution in [2.75, 3.05) is 16.8 Å². The van der Waals surface area contributed by atoms with Crippen molar-refractivity contribution in [2.45, 2.75) is 18.9 Å². The lowest BCUT2D eigenvalue weighted by Gasteiger charge is -2.23. The molecule has 0 amide bonds. The van der Waals surface area contributed by atoms with Crippen LogP contribution in [0, 0.1) is 0 Å². The monoisotopic (exact) mass is 275 g/mol. The van der Waals surface area contributed by atoms with Crippen molar-refractivity contribution in [3.05, 3.63) is 40.7 Å². The Bertz CT molecular complexity index is 581. The number of benzene rings is 1. The van der Waals surface area contributed by atoms with Gasteiger partial charge in [-0.2, -0.15) is 11.8 Å². The van der Waals surface area contributed by atoms with E-state index in [0.29, 0.717) is 6.04 Å². The molecule has 0 saturated carbocycles. The topological polar surface area (TPSA) is 60.7 Å². The van der Waals surface area contributed by atoms with Gasteiger partial charge in [-0.1, -0.05) is 12.1 Å². The second-order valence-electron chi connectivity index (χ2n) is 4.81. The van der Waals surface area contributed by atoms with Gasteiger partial charge in [0.25, 0.3) is 5.56 Å². The van der Waals surface area contributed by atoms with Crippen LogP contribution in [0.2, 0.25) is 0 Å². The number of H-pyrrole nitrogens is 2. The first-order valence-electron chi connectivity index (χ1n) is 6.54. The summed E-state index contributed by atoms with van der Waals surface area (Å²) in [5.41, 5.74) is 2.89.